The predicted molar refractivity (Wildman–Crippen MR) is 79.1 cm³/mol. The van der Waals surface area contributed by atoms with Crippen molar-refractivity contribution in [3.05, 3.63) is 11.9 Å². The largest absolute Gasteiger partial charge is 0.374 e. The first-order valence-corrected chi connectivity index (χ1v) is 7.64. The van der Waals surface area contributed by atoms with E-state index in [1.165, 1.54) is 18.6 Å². The van der Waals surface area contributed by atoms with E-state index >= 15 is 0 Å². The second-order valence-electron chi connectivity index (χ2n) is 4.35. The van der Waals surface area contributed by atoms with Crippen LogP contribution in [0.4, 0.5) is 11.6 Å². The number of hydrogen-bond acceptors (Lipinski definition) is 7. The molecule has 2 heterocycles. The van der Waals surface area contributed by atoms with Gasteiger partial charge in [-0.3, -0.25) is 0 Å². The molecule has 6 nitrogen and oxygen atoms in total. The quantitative estimate of drug-likeness (QED) is 0.518. The van der Waals surface area contributed by atoms with Crippen LogP contribution in [0, 0.1) is 0 Å². The zero-order valence-corrected chi connectivity index (χ0v) is 12.0. The molecule has 1 saturated heterocycles. The van der Waals surface area contributed by atoms with Gasteiger partial charge in [0.05, 0.1) is 0 Å². The highest BCUT2D eigenvalue weighted by molar-refractivity contribution is 8.00. The average Bonchev–Trinajstić information content (AvgIpc) is 2.96. The van der Waals surface area contributed by atoms with E-state index in [-0.39, 0.29) is 0 Å². The molecule has 2 rings (SSSR count). The molecular weight excluding hydrogens is 262 g/mol. The van der Waals surface area contributed by atoms with Gasteiger partial charge in [-0.1, -0.05) is 0 Å². The smallest absolute Gasteiger partial charge is 0.158 e. The Hall–Kier alpha value is -1.05. The van der Waals surface area contributed by atoms with Gasteiger partial charge in [0, 0.05) is 24.5 Å². The van der Waals surface area contributed by atoms with Crippen molar-refractivity contribution in [2.75, 3.05) is 29.6 Å². The van der Waals surface area contributed by atoms with Crippen LogP contribution in [0.1, 0.15) is 25.6 Å². The third-order valence-electron chi connectivity index (χ3n) is 2.89. The number of aromatic nitrogens is 2. The molecule has 1 unspecified atom stereocenters. The molecule has 0 aliphatic carbocycles. The third-order valence-corrected chi connectivity index (χ3v) is 4.29. The summed E-state index contributed by atoms with van der Waals surface area (Å²) in [5.74, 6) is 8.72. The van der Waals surface area contributed by atoms with E-state index in [1.807, 2.05) is 24.8 Å². The number of nitrogens with two attached hydrogens (primary N) is 1. The van der Waals surface area contributed by atoms with E-state index < -0.39 is 0 Å². The van der Waals surface area contributed by atoms with Crippen molar-refractivity contribution in [2.24, 2.45) is 5.84 Å². The van der Waals surface area contributed by atoms with E-state index in [9.17, 15) is 0 Å². The van der Waals surface area contributed by atoms with Crippen molar-refractivity contribution in [1.29, 1.82) is 0 Å². The first kappa shape index (κ1) is 14.4. The van der Waals surface area contributed by atoms with Gasteiger partial charge in [-0.25, -0.2) is 15.8 Å². The Morgan fingerprint density at radius 2 is 2.32 bits per heavy atom. The highest BCUT2D eigenvalue weighted by Crippen LogP contribution is 2.26. The monoisotopic (exact) mass is 283 g/mol. The van der Waals surface area contributed by atoms with Crippen LogP contribution in [0.25, 0.3) is 0 Å². The number of hydrogen-bond donors (Lipinski definition) is 3. The molecule has 19 heavy (non-hydrogen) atoms. The highest BCUT2D eigenvalue weighted by Gasteiger charge is 2.15. The molecule has 0 saturated carbocycles. The van der Waals surface area contributed by atoms with Gasteiger partial charge in [-0.05, 0) is 25.5 Å². The maximum Gasteiger partial charge on any atom is 0.158 e. The highest BCUT2D eigenvalue weighted by atomic mass is 32.2. The second-order valence-corrected chi connectivity index (χ2v) is 5.76. The lowest BCUT2D eigenvalue weighted by molar-refractivity contribution is 0.128. The molecule has 0 radical (unpaired) electrons. The number of anilines is 2. The summed E-state index contributed by atoms with van der Waals surface area (Å²) in [7, 11) is 0. The fourth-order valence-corrected chi connectivity index (χ4v) is 3.14. The minimum absolute atomic E-state index is 0.402. The minimum atomic E-state index is 0.402. The Morgan fingerprint density at radius 3 is 3.00 bits per heavy atom. The Balaban J connectivity index is 1.96. The van der Waals surface area contributed by atoms with Crippen molar-refractivity contribution < 1.29 is 4.74 Å². The van der Waals surface area contributed by atoms with Crippen LogP contribution >= 0.6 is 11.8 Å². The molecule has 1 fully saturated rings. The molecule has 1 atom stereocenters. The lowest BCUT2D eigenvalue weighted by atomic mass is 10.2. The summed E-state index contributed by atoms with van der Waals surface area (Å²) in [6.45, 7) is 3.92. The Labute approximate surface area is 117 Å². The number of hydrazine groups is 1. The van der Waals surface area contributed by atoms with Crippen molar-refractivity contribution in [2.45, 2.75) is 31.6 Å². The van der Waals surface area contributed by atoms with Crippen LogP contribution in [-0.4, -0.2) is 34.1 Å². The van der Waals surface area contributed by atoms with Gasteiger partial charge in [0.15, 0.2) is 5.82 Å². The summed E-state index contributed by atoms with van der Waals surface area (Å²) < 4.78 is 5.33. The van der Waals surface area contributed by atoms with Crippen LogP contribution in [-0.2, 0) is 11.3 Å². The van der Waals surface area contributed by atoms with E-state index in [2.05, 4.69) is 20.7 Å². The molecule has 0 bridgehead atoms. The van der Waals surface area contributed by atoms with Crippen LogP contribution in [0.3, 0.4) is 0 Å². The zero-order chi connectivity index (χ0) is 13.5. The Morgan fingerprint density at radius 1 is 1.47 bits per heavy atom. The van der Waals surface area contributed by atoms with Gasteiger partial charge in [-0.2, -0.15) is 11.8 Å². The first-order chi connectivity index (χ1) is 9.31. The van der Waals surface area contributed by atoms with Gasteiger partial charge in [0.1, 0.15) is 18.2 Å². The van der Waals surface area contributed by atoms with Gasteiger partial charge in [0.25, 0.3) is 0 Å². The van der Waals surface area contributed by atoms with Crippen molar-refractivity contribution in [3.8, 4) is 0 Å². The molecule has 7 heteroatoms. The molecule has 0 aromatic carbocycles. The fraction of sp³-hybridized carbons (Fsp3) is 0.667. The third kappa shape index (κ3) is 4.52. The number of ether oxygens (including phenoxy) is 1. The first-order valence-electron chi connectivity index (χ1n) is 6.59. The summed E-state index contributed by atoms with van der Waals surface area (Å²) in [4.78, 5) is 8.68. The van der Waals surface area contributed by atoms with Gasteiger partial charge >= 0.3 is 0 Å². The topological polar surface area (TPSA) is 85.1 Å². The summed E-state index contributed by atoms with van der Waals surface area (Å²) in [6, 6.07) is 1.81. The van der Waals surface area contributed by atoms with Crippen LogP contribution < -0.4 is 16.6 Å². The summed E-state index contributed by atoms with van der Waals surface area (Å²) in [5.41, 5.74) is 2.56. The predicted octanol–water partition coefficient (Wildman–Crippen LogP) is 1.61. The summed E-state index contributed by atoms with van der Waals surface area (Å²) >= 11 is 2.02. The molecule has 0 amide bonds. The minimum Gasteiger partial charge on any atom is -0.374 e. The van der Waals surface area contributed by atoms with E-state index in [1.54, 1.807) is 0 Å². The summed E-state index contributed by atoms with van der Waals surface area (Å²) in [6.07, 6.45) is 2.59. The fourth-order valence-electron chi connectivity index (χ4n) is 1.94. The standard InChI is InChI=1S/C12H21N5OS/c1-2-18-8-12-15-10(6-11(16-12)17-13)14-7-9-4-3-5-19-9/h6,9H,2-5,7-8,13H2,1H3,(H2,14,15,16,17). The van der Waals surface area contributed by atoms with Crippen molar-refractivity contribution in [3.63, 3.8) is 0 Å². The molecule has 4 N–H and O–H groups in total. The van der Waals surface area contributed by atoms with E-state index in [0.29, 0.717) is 30.1 Å². The molecule has 1 aliphatic rings. The molecule has 1 aliphatic heterocycles. The molecule has 106 valence electrons. The molecule has 0 spiro atoms. The van der Waals surface area contributed by atoms with E-state index in [0.717, 1.165) is 12.4 Å². The average molecular weight is 283 g/mol. The number of nitrogens with zero attached hydrogens (tertiary/aromatic N) is 2. The van der Waals surface area contributed by atoms with Crippen LogP contribution in [0.15, 0.2) is 6.07 Å². The lowest BCUT2D eigenvalue weighted by Gasteiger charge is -2.12. The number of thioether (sulfide) groups is 1. The SMILES string of the molecule is CCOCc1nc(NN)cc(NCC2CCCS2)n1. The second kappa shape index (κ2) is 7.52. The number of nitrogens with one attached hydrogen (secondary N) is 2. The molecular formula is C12H21N5OS. The summed E-state index contributed by atoms with van der Waals surface area (Å²) in [5, 5.41) is 4.04. The number of rotatable bonds is 7. The number of nitrogen functional groups attached to an aromatic ring is 1. The van der Waals surface area contributed by atoms with Gasteiger partial charge < -0.3 is 15.5 Å². The zero-order valence-electron chi connectivity index (χ0n) is 11.2. The van der Waals surface area contributed by atoms with Crippen LogP contribution in [0.5, 0.6) is 0 Å². The van der Waals surface area contributed by atoms with Crippen LogP contribution in [0.2, 0.25) is 0 Å². The molecule has 1 aromatic heterocycles. The van der Waals surface area contributed by atoms with Crippen molar-refractivity contribution >= 4 is 23.4 Å². The van der Waals surface area contributed by atoms with Gasteiger partial charge in [0.2, 0.25) is 0 Å². The lowest BCUT2D eigenvalue weighted by Crippen LogP contribution is -2.17. The van der Waals surface area contributed by atoms with E-state index in [4.69, 9.17) is 10.6 Å². The Bertz CT molecular complexity index is 398. The maximum atomic E-state index is 5.42. The Kier molecular flexibility index (Phi) is 5.68. The maximum absolute atomic E-state index is 5.42. The van der Waals surface area contributed by atoms with Crippen molar-refractivity contribution in [1.82, 2.24) is 9.97 Å². The molecule has 1 aromatic rings. The van der Waals surface area contributed by atoms with Gasteiger partial charge in [-0.15, -0.1) is 0 Å². The normalized spacial score (nSPS) is 18.5.